The zero-order valence-corrected chi connectivity index (χ0v) is 12.7. The molecule has 1 heterocycles. The van der Waals surface area contributed by atoms with Crippen LogP contribution in [-0.4, -0.2) is 22.4 Å². The zero-order chi connectivity index (χ0) is 15.2. The maximum Gasteiger partial charge on any atom is 0.239 e. The van der Waals surface area contributed by atoms with Gasteiger partial charge in [-0.2, -0.15) is 0 Å². The number of benzene rings is 1. The molecule has 0 aliphatic heterocycles. The molecule has 0 aliphatic rings. The third-order valence-corrected chi connectivity index (χ3v) is 3.28. The number of aromatic nitrogens is 2. The largest absolute Gasteiger partial charge is 0.358 e. The van der Waals surface area contributed by atoms with Crippen LogP contribution in [0.3, 0.4) is 0 Å². The molecule has 6 heteroatoms. The lowest BCUT2D eigenvalue weighted by Crippen LogP contribution is -2.29. The number of carbonyl (C=O) groups is 1. The number of nitrogens with one attached hydrogen (secondary N) is 2. The molecule has 0 saturated carbocycles. The molecule has 1 aromatic carbocycles. The second-order valence-electron chi connectivity index (χ2n) is 4.65. The van der Waals surface area contributed by atoms with E-state index in [1.807, 2.05) is 44.2 Å². The Morgan fingerprint density at radius 2 is 1.81 bits per heavy atom. The van der Waals surface area contributed by atoms with Crippen LogP contribution >= 0.6 is 11.6 Å². The fraction of sp³-hybridized carbons (Fsp3) is 0.267. The average Bonchev–Trinajstić information content (AvgIpc) is 2.48. The summed E-state index contributed by atoms with van der Waals surface area (Å²) in [6, 6.07) is 9.72. The average molecular weight is 305 g/mol. The first-order valence-electron chi connectivity index (χ1n) is 6.61. The second-order valence-corrected chi connectivity index (χ2v) is 5.01. The van der Waals surface area contributed by atoms with E-state index in [4.69, 9.17) is 11.6 Å². The first kappa shape index (κ1) is 15.3. The molecular weight excluding hydrogens is 288 g/mol. The number of anilines is 1. The first-order valence-corrected chi connectivity index (χ1v) is 6.99. The highest BCUT2D eigenvalue weighted by molar-refractivity contribution is 6.31. The van der Waals surface area contributed by atoms with Gasteiger partial charge in [0, 0.05) is 6.54 Å². The van der Waals surface area contributed by atoms with Crippen LogP contribution in [0.15, 0.2) is 30.3 Å². The van der Waals surface area contributed by atoms with Crippen LogP contribution in [0.5, 0.6) is 0 Å². The molecule has 5 nitrogen and oxygen atoms in total. The molecule has 2 aromatic rings. The van der Waals surface area contributed by atoms with E-state index in [1.54, 1.807) is 0 Å². The summed E-state index contributed by atoms with van der Waals surface area (Å²) < 4.78 is 0. The van der Waals surface area contributed by atoms with E-state index >= 15 is 0 Å². The van der Waals surface area contributed by atoms with Crippen LogP contribution in [0.2, 0.25) is 5.15 Å². The highest BCUT2D eigenvalue weighted by Gasteiger charge is 2.08. The molecule has 1 amide bonds. The van der Waals surface area contributed by atoms with Gasteiger partial charge in [-0.1, -0.05) is 41.9 Å². The maximum absolute atomic E-state index is 11.8. The van der Waals surface area contributed by atoms with Gasteiger partial charge in [-0.05, 0) is 19.4 Å². The monoisotopic (exact) mass is 304 g/mol. The summed E-state index contributed by atoms with van der Waals surface area (Å²) in [7, 11) is 0. The van der Waals surface area contributed by atoms with Gasteiger partial charge in [0.05, 0.1) is 17.9 Å². The van der Waals surface area contributed by atoms with Gasteiger partial charge in [0.15, 0.2) is 11.0 Å². The Labute approximate surface area is 128 Å². The van der Waals surface area contributed by atoms with Crippen molar-refractivity contribution >= 4 is 23.3 Å². The minimum Gasteiger partial charge on any atom is -0.358 e. The molecule has 0 unspecified atom stereocenters. The van der Waals surface area contributed by atoms with E-state index < -0.39 is 0 Å². The number of halogens is 1. The number of rotatable bonds is 5. The highest BCUT2D eigenvalue weighted by atomic mass is 35.5. The van der Waals surface area contributed by atoms with Crippen LogP contribution in [0.1, 0.15) is 17.0 Å². The van der Waals surface area contributed by atoms with E-state index in [2.05, 4.69) is 20.6 Å². The molecule has 0 fully saturated rings. The number of amides is 1. The quantitative estimate of drug-likeness (QED) is 0.890. The van der Waals surface area contributed by atoms with Crippen LogP contribution < -0.4 is 10.6 Å². The van der Waals surface area contributed by atoms with Crippen molar-refractivity contribution in [3.05, 3.63) is 52.4 Å². The lowest BCUT2D eigenvalue weighted by molar-refractivity contribution is -0.119. The van der Waals surface area contributed by atoms with Crippen molar-refractivity contribution in [1.29, 1.82) is 0 Å². The van der Waals surface area contributed by atoms with Gasteiger partial charge in [0.25, 0.3) is 0 Å². The van der Waals surface area contributed by atoms with E-state index in [9.17, 15) is 4.79 Å². The standard InChI is InChI=1S/C15H17ClN4O/c1-10-11(2)20-15(14(16)19-10)18-9-13(21)17-8-12-6-4-3-5-7-12/h3-7H,8-9H2,1-2H3,(H,17,21)(H,18,20). The molecule has 0 bridgehead atoms. The Hall–Kier alpha value is -2.14. The van der Waals surface area contributed by atoms with Crippen molar-refractivity contribution in [3.8, 4) is 0 Å². The third kappa shape index (κ3) is 4.43. The number of carbonyl (C=O) groups excluding carboxylic acids is 1. The molecule has 2 rings (SSSR count). The molecule has 0 aliphatic carbocycles. The number of aryl methyl sites for hydroxylation is 2. The fourth-order valence-electron chi connectivity index (χ4n) is 1.71. The predicted octanol–water partition coefficient (Wildman–Crippen LogP) is 2.48. The SMILES string of the molecule is Cc1nc(Cl)c(NCC(=O)NCc2ccccc2)nc1C. The van der Waals surface area contributed by atoms with Gasteiger partial charge in [0.2, 0.25) is 5.91 Å². The summed E-state index contributed by atoms with van der Waals surface area (Å²) in [6.45, 7) is 4.28. The highest BCUT2D eigenvalue weighted by Crippen LogP contribution is 2.17. The summed E-state index contributed by atoms with van der Waals surface area (Å²) in [5, 5.41) is 5.99. The lowest BCUT2D eigenvalue weighted by atomic mass is 10.2. The second kappa shape index (κ2) is 7.04. The van der Waals surface area contributed by atoms with Crippen molar-refractivity contribution < 1.29 is 4.79 Å². The van der Waals surface area contributed by atoms with Crippen molar-refractivity contribution in [3.63, 3.8) is 0 Å². The number of hydrogen-bond acceptors (Lipinski definition) is 4. The summed E-state index contributed by atoms with van der Waals surface area (Å²) in [4.78, 5) is 20.2. The van der Waals surface area contributed by atoms with Crippen LogP contribution in [0.25, 0.3) is 0 Å². The molecule has 0 atom stereocenters. The molecule has 0 spiro atoms. The van der Waals surface area contributed by atoms with Gasteiger partial charge in [-0.3, -0.25) is 4.79 Å². The Morgan fingerprint density at radius 3 is 2.52 bits per heavy atom. The first-order chi connectivity index (χ1) is 10.1. The van der Waals surface area contributed by atoms with Gasteiger partial charge in [-0.15, -0.1) is 0 Å². The molecule has 2 N–H and O–H groups in total. The van der Waals surface area contributed by atoms with Crippen LogP contribution in [0.4, 0.5) is 5.82 Å². The van der Waals surface area contributed by atoms with E-state index in [0.29, 0.717) is 12.4 Å². The third-order valence-electron chi connectivity index (χ3n) is 3.01. The molecule has 0 radical (unpaired) electrons. The van der Waals surface area contributed by atoms with Gasteiger partial charge >= 0.3 is 0 Å². The Bertz CT molecular complexity index is 631. The van der Waals surface area contributed by atoms with Gasteiger partial charge in [-0.25, -0.2) is 9.97 Å². The predicted molar refractivity (Wildman–Crippen MR) is 83.3 cm³/mol. The molecule has 21 heavy (non-hydrogen) atoms. The van der Waals surface area contributed by atoms with Crippen molar-refractivity contribution in [2.24, 2.45) is 0 Å². The van der Waals surface area contributed by atoms with Crippen LogP contribution in [-0.2, 0) is 11.3 Å². The Balaban J connectivity index is 1.85. The number of nitrogens with zero attached hydrogens (tertiary/aromatic N) is 2. The topological polar surface area (TPSA) is 66.9 Å². The molecule has 1 aromatic heterocycles. The molecule has 0 saturated heterocycles. The normalized spacial score (nSPS) is 10.2. The molecule has 110 valence electrons. The minimum absolute atomic E-state index is 0.101. The fourth-order valence-corrected chi connectivity index (χ4v) is 1.95. The summed E-state index contributed by atoms with van der Waals surface area (Å²) in [5.74, 6) is 0.296. The van der Waals surface area contributed by atoms with E-state index in [-0.39, 0.29) is 17.6 Å². The number of hydrogen-bond donors (Lipinski definition) is 2. The van der Waals surface area contributed by atoms with Gasteiger partial charge in [0.1, 0.15) is 0 Å². The summed E-state index contributed by atoms with van der Waals surface area (Å²) >= 11 is 5.99. The van der Waals surface area contributed by atoms with Gasteiger partial charge < -0.3 is 10.6 Å². The van der Waals surface area contributed by atoms with Crippen molar-refractivity contribution in [1.82, 2.24) is 15.3 Å². The summed E-state index contributed by atoms with van der Waals surface area (Å²) in [6.07, 6.45) is 0. The Kier molecular flexibility index (Phi) is 5.11. The van der Waals surface area contributed by atoms with E-state index in [1.165, 1.54) is 0 Å². The molecular formula is C15H17ClN4O. The maximum atomic E-state index is 11.8. The van der Waals surface area contributed by atoms with Crippen LogP contribution in [0, 0.1) is 13.8 Å². The van der Waals surface area contributed by atoms with Crippen molar-refractivity contribution in [2.75, 3.05) is 11.9 Å². The van der Waals surface area contributed by atoms with E-state index in [0.717, 1.165) is 17.0 Å². The Morgan fingerprint density at radius 1 is 1.14 bits per heavy atom. The smallest absolute Gasteiger partial charge is 0.239 e. The zero-order valence-electron chi connectivity index (χ0n) is 12.0. The van der Waals surface area contributed by atoms with Crippen molar-refractivity contribution in [2.45, 2.75) is 20.4 Å². The minimum atomic E-state index is -0.130. The lowest BCUT2D eigenvalue weighted by Gasteiger charge is -2.09. The summed E-state index contributed by atoms with van der Waals surface area (Å²) in [5.41, 5.74) is 2.61.